The smallest absolute Gasteiger partial charge is 0.246 e. The highest BCUT2D eigenvalue weighted by molar-refractivity contribution is 7.89. The average molecular weight is 398 g/mol. The third-order valence-electron chi connectivity index (χ3n) is 4.97. The van der Waals surface area contributed by atoms with Crippen molar-refractivity contribution in [2.75, 3.05) is 26.2 Å². The largest absolute Gasteiger partial charge is 0.296 e. The third kappa shape index (κ3) is 3.76. The third-order valence-corrected chi connectivity index (χ3v) is 7.12. The van der Waals surface area contributed by atoms with Gasteiger partial charge in [0.05, 0.1) is 11.4 Å². The lowest BCUT2D eigenvalue weighted by Gasteiger charge is -2.34. The van der Waals surface area contributed by atoms with E-state index in [2.05, 4.69) is 5.10 Å². The molecule has 1 aromatic heterocycles. The summed E-state index contributed by atoms with van der Waals surface area (Å²) >= 11 is 0. The van der Waals surface area contributed by atoms with Crippen molar-refractivity contribution in [3.05, 3.63) is 46.8 Å². The van der Waals surface area contributed by atoms with Crippen LogP contribution in [0, 0.1) is 25.5 Å². The molecule has 6 nitrogen and oxygen atoms in total. The van der Waals surface area contributed by atoms with Gasteiger partial charge in [0.15, 0.2) is 11.6 Å². The van der Waals surface area contributed by atoms with Gasteiger partial charge in [0, 0.05) is 44.8 Å². The predicted octanol–water partition coefficient (Wildman–Crippen LogP) is 2.30. The molecule has 27 heavy (non-hydrogen) atoms. The van der Waals surface area contributed by atoms with Crippen LogP contribution in [0.25, 0.3) is 0 Å². The summed E-state index contributed by atoms with van der Waals surface area (Å²) in [7, 11) is -3.63. The van der Waals surface area contributed by atoms with Crippen LogP contribution in [0.3, 0.4) is 0 Å². The van der Waals surface area contributed by atoms with E-state index in [9.17, 15) is 17.2 Å². The Morgan fingerprint density at radius 3 is 2.37 bits per heavy atom. The molecule has 0 spiro atoms. The lowest BCUT2D eigenvalue weighted by atomic mass is 10.2. The summed E-state index contributed by atoms with van der Waals surface area (Å²) in [4.78, 5) is 2.20. The maximum Gasteiger partial charge on any atom is 0.246 e. The molecule has 0 unspecified atom stereocenters. The van der Waals surface area contributed by atoms with E-state index >= 15 is 0 Å². The Labute approximate surface area is 158 Å². The fraction of sp³-hybridized carbons (Fsp3) is 0.500. The van der Waals surface area contributed by atoms with Crippen LogP contribution in [0.5, 0.6) is 0 Å². The number of hydrogen-bond donors (Lipinski definition) is 0. The molecule has 9 heteroatoms. The molecule has 1 saturated heterocycles. The minimum absolute atomic E-state index is 0.253. The van der Waals surface area contributed by atoms with Crippen LogP contribution in [0.2, 0.25) is 0 Å². The van der Waals surface area contributed by atoms with Crippen LogP contribution in [-0.2, 0) is 23.1 Å². The summed E-state index contributed by atoms with van der Waals surface area (Å²) in [5.41, 5.74) is 1.42. The summed E-state index contributed by atoms with van der Waals surface area (Å²) < 4.78 is 56.5. The quantitative estimate of drug-likeness (QED) is 0.776. The van der Waals surface area contributed by atoms with Crippen LogP contribution in [0.4, 0.5) is 8.78 Å². The van der Waals surface area contributed by atoms with Crippen molar-refractivity contribution in [2.24, 2.45) is 0 Å². The van der Waals surface area contributed by atoms with E-state index in [1.807, 2.05) is 11.8 Å². The van der Waals surface area contributed by atoms with E-state index in [0.717, 1.165) is 6.07 Å². The molecule has 2 heterocycles. The first-order chi connectivity index (χ1) is 12.8. The first kappa shape index (κ1) is 19.9. The van der Waals surface area contributed by atoms with Gasteiger partial charge < -0.3 is 0 Å². The van der Waals surface area contributed by atoms with E-state index in [0.29, 0.717) is 44.1 Å². The molecule has 1 aliphatic heterocycles. The van der Waals surface area contributed by atoms with Gasteiger partial charge in [0.1, 0.15) is 4.90 Å². The Morgan fingerprint density at radius 2 is 1.78 bits per heavy atom. The topological polar surface area (TPSA) is 58.4 Å². The van der Waals surface area contributed by atoms with Gasteiger partial charge in [-0.15, -0.1) is 0 Å². The Morgan fingerprint density at radius 1 is 1.11 bits per heavy atom. The van der Waals surface area contributed by atoms with Gasteiger partial charge in [-0.05, 0) is 26.8 Å². The molecule has 0 radical (unpaired) electrons. The Bertz CT molecular complexity index is 935. The molecule has 1 aromatic carbocycles. The lowest BCUT2D eigenvalue weighted by molar-refractivity contribution is 0.179. The number of hydrogen-bond acceptors (Lipinski definition) is 4. The number of rotatable bonds is 5. The number of halogens is 2. The number of nitrogens with zero attached hydrogens (tertiary/aromatic N) is 4. The fourth-order valence-electron chi connectivity index (χ4n) is 3.53. The van der Waals surface area contributed by atoms with E-state index in [1.165, 1.54) is 10.4 Å². The monoisotopic (exact) mass is 398 g/mol. The van der Waals surface area contributed by atoms with E-state index in [-0.39, 0.29) is 17.0 Å². The summed E-state index contributed by atoms with van der Waals surface area (Å²) in [6.07, 6.45) is 0. The van der Waals surface area contributed by atoms with Crippen molar-refractivity contribution in [3.63, 3.8) is 0 Å². The van der Waals surface area contributed by atoms with Crippen LogP contribution < -0.4 is 0 Å². The van der Waals surface area contributed by atoms with Gasteiger partial charge in [-0.25, -0.2) is 17.2 Å². The van der Waals surface area contributed by atoms with Gasteiger partial charge in [0.25, 0.3) is 0 Å². The van der Waals surface area contributed by atoms with E-state index in [4.69, 9.17) is 0 Å². The van der Waals surface area contributed by atoms with Crippen molar-refractivity contribution in [3.8, 4) is 0 Å². The SMILES string of the molecule is CCn1nc(C)c(S(=O)(=O)N2CCN(Cc3cccc(F)c3F)CC2)c1C. The maximum absolute atomic E-state index is 13.9. The normalized spacial score (nSPS) is 16.8. The molecule has 0 saturated carbocycles. The second-order valence-electron chi connectivity index (χ2n) is 6.71. The summed E-state index contributed by atoms with van der Waals surface area (Å²) in [5.74, 6) is -1.71. The summed E-state index contributed by atoms with van der Waals surface area (Å²) in [5, 5.41) is 4.30. The van der Waals surface area contributed by atoms with Crippen molar-refractivity contribution in [1.82, 2.24) is 19.0 Å². The van der Waals surface area contributed by atoms with Crippen LogP contribution in [0.15, 0.2) is 23.1 Å². The van der Waals surface area contributed by atoms with Crippen molar-refractivity contribution in [1.29, 1.82) is 0 Å². The summed E-state index contributed by atoms with van der Waals surface area (Å²) in [6, 6.07) is 4.11. The summed E-state index contributed by atoms with van der Waals surface area (Å²) in [6.45, 7) is 7.75. The fourth-order valence-corrected chi connectivity index (χ4v) is 5.33. The van der Waals surface area contributed by atoms with E-state index < -0.39 is 21.7 Å². The molecule has 1 fully saturated rings. The van der Waals surface area contributed by atoms with Gasteiger partial charge in [0.2, 0.25) is 10.0 Å². The van der Waals surface area contributed by atoms with Gasteiger partial charge >= 0.3 is 0 Å². The molecule has 148 valence electrons. The minimum Gasteiger partial charge on any atom is -0.296 e. The van der Waals surface area contributed by atoms with Crippen LogP contribution in [-0.4, -0.2) is 53.6 Å². The number of aryl methyl sites for hydroxylation is 2. The average Bonchev–Trinajstić information content (AvgIpc) is 2.93. The number of piperazine rings is 1. The van der Waals surface area contributed by atoms with Crippen molar-refractivity contribution < 1.29 is 17.2 Å². The first-order valence-corrected chi connectivity index (χ1v) is 10.4. The van der Waals surface area contributed by atoms with Gasteiger partial charge in [-0.1, -0.05) is 12.1 Å². The zero-order valence-electron chi connectivity index (χ0n) is 15.7. The standard InChI is InChI=1S/C18H24F2N4O2S/c1-4-24-14(3)18(13(2)21-24)27(25,26)23-10-8-22(9-11-23)12-15-6-5-7-16(19)17(15)20/h5-7H,4,8-12H2,1-3H3. The van der Waals surface area contributed by atoms with Crippen LogP contribution in [0.1, 0.15) is 23.9 Å². The highest BCUT2D eigenvalue weighted by Crippen LogP contribution is 2.25. The number of sulfonamides is 1. The second-order valence-corrected chi connectivity index (χ2v) is 8.58. The molecule has 3 rings (SSSR count). The number of aromatic nitrogens is 2. The van der Waals surface area contributed by atoms with Gasteiger partial charge in [-0.3, -0.25) is 9.58 Å². The molecular formula is C18H24F2N4O2S. The Hall–Kier alpha value is -1.84. The second kappa shape index (κ2) is 7.65. The molecule has 2 aromatic rings. The molecule has 0 amide bonds. The predicted molar refractivity (Wildman–Crippen MR) is 97.8 cm³/mol. The first-order valence-electron chi connectivity index (χ1n) is 8.95. The molecule has 0 N–H and O–H groups in total. The molecule has 1 aliphatic rings. The molecule has 0 atom stereocenters. The van der Waals surface area contributed by atoms with Crippen molar-refractivity contribution in [2.45, 2.75) is 38.8 Å². The zero-order valence-corrected chi connectivity index (χ0v) is 16.6. The Kier molecular flexibility index (Phi) is 5.64. The number of benzene rings is 1. The lowest BCUT2D eigenvalue weighted by Crippen LogP contribution is -2.48. The zero-order chi connectivity index (χ0) is 19.8. The van der Waals surface area contributed by atoms with Crippen LogP contribution >= 0.6 is 0 Å². The van der Waals surface area contributed by atoms with Crippen molar-refractivity contribution >= 4 is 10.0 Å². The molecule has 0 bridgehead atoms. The highest BCUT2D eigenvalue weighted by atomic mass is 32.2. The maximum atomic E-state index is 13.9. The minimum atomic E-state index is -3.63. The highest BCUT2D eigenvalue weighted by Gasteiger charge is 2.33. The molecule has 0 aliphatic carbocycles. The molecular weight excluding hydrogens is 374 g/mol. The van der Waals surface area contributed by atoms with Gasteiger partial charge in [-0.2, -0.15) is 9.40 Å². The van der Waals surface area contributed by atoms with E-state index in [1.54, 1.807) is 24.6 Å². The Balaban J connectivity index is 1.72.